The first-order valence-electron chi connectivity index (χ1n) is 3.63. The van der Waals surface area contributed by atoms with Gasteiger partial charge in [0.25, 0.3) is 0 Å². The molecule has 0 aliphatic carbocycles. The second-order valence-corrected chi connectivity index (χ2v) is 3.48. The van der Waals surface area contributed by atoms with E-state index >= 15 is 0 Å². The minimum absolute atomic E-state index is 0.379. The maximum absolute atomic E-state index is 5.46. The molecule has 0 fully saturated rings. The molecule has 1 aliphatic heterocycles. The molecule has 0 amide bonds. The molecule has 6 heteroatoms. The summed E-state index contributed by atoms with van der Waals surface area (Å²) in [6.07, 6.45) is 0. The van der Waals surface area contributed by atoms with Crippen LogP contribution >= 0.6 is 11.8 Å². The lowest BCUT2D eigenvalue weighted by molar-refractivity contribution is 0.707. The number of rotatable bonds is 1. The number of fused-ring (bicyclic) bond motifs is 1. The smallest absolute Gasteiger partial charge is 0.212 e. The van der Waals surface area contributed by atoms with E-state index in [0.29, 0.717) is 6.54 Å². The average molecular weight is 183 g/mol. The van der Waals surface area contributed by atoms with Crippen molar-refractivity contribution in [3.8, 4) is 0 Å². The van der Waals surface area contributed by atoms with Gasteiger partial charge in [-0.05, 0) is 6.92 Å². The van der Waals surface area contributed by atoms with E-state index in [1.807, 2.05) is 6.92 Å². The van der Waals surface area contributed by atoms with Gasteiger partial charge in [0.1, 0.15) is 0 Å². The third-order valence-corrected chi connectivity index (χ3v) is 2.61. The monoisotopic (exact) mass is 183 g/mol. The summed E-state index contributed by atoms with van der Waals surface area (Å²) in [4.78, 5) is 0. The number of nitrogens with zero attached hydrogens (tertiary/aromatic N) is 4. The van der Waals surface area contributed by atoms with Gasteiger partial charge >= 0.3 is 0 Å². The summed E-state index contributed by atoms with van der Waals surface area (Å²) in [6, 6.07) is 0. The Morgan fingerprint density at radius 1 is 1.58 bits per heavy atom. The van der Waals surface area contributed by atoms with E-state index < -0.39 is 0 Å². The van der Waals surface area contributed by atoms with Crippen molar-refractivity contribution >= 4 is 17.5 Å². The number of hydrogen-bond acceptors (Lipinski definition) is 5. The Kier molecular flexibility index (Phi) is 1.86. The fourth-order valence-electron chi connectivity index (χ4n) is 0.982. The Hall–Kier alpha value is -0.880. The Labute approximate surface area is 74.0 Å². The zero-order valence-corrected chi connectivity index (χ0v) is 7.51. The SMILES string of the molecule is CC1=Nn2c(CN)nnc2SC1. The van der Waals surface area contributed by atoms with Gasteiger partial charge < -0.3 is 5.73 Å². The van der Waals surface area contributed by atoms with Crippen molar-refractivity contribution in [2.24, 2.45) is 10.8 Å². The largest absolute Gasteiger partial charge is 0.324 e. The predicted molar refractivity (Wildman–Crippen MR) is 47.1 cm³/mol. The molecule has 0 radical (unpaired) electrons. The topological polar surface area (TPSA) is 69.1 Å². The molecule has 2 rings (SSSR count). The van der Waals surface area contributed by atoms with Gasteiger partial charge in [-0.25, -0.2) is 0 Å². The molecule has 0 spiro atoms. The van der Waals surface area contributed by atoms with Crippen molar-refractivity contribution in [1.82, 2.24) is 14.9 Å². The normalized spacial score (nSPS) is 15.7. The third kappa shape index (κ3) is 1.12. The van der Waals surface area contributed by atoms with Crippen LogP contribution in [0.15, 0.2) is 10.3 Å². The van der Waals surface area contributed by atoms with E-state index in [1.165, 1.54) is 0 Å². The fourth-order valence-corrected chi connectivity index (χ4v) is 1.74. The second kappa shape index (κ2) is 2.87. The van der Waals surface area contributed by atoms with Crippen molar-refractivity contribution in [2.45, 2.75) is 18.6 Å². The van der Waals surface area contributed by atoms with Gasteiger partial charge in [-0.3, -0.25) is 0 Å². The number of aromatic nitrogens is 3. The molecule has 12 heavy (non-hydrogen) atoms. The summed E-state index contributed by atoms with van der Waals surface area (Å²) in [5.74, 6) is 1.61. The highest BCUT2D eigenvalue weighted by Gasteiger charge is 2.15. The van der Waals surface area contributed by atoms with Crippen LogP contribution in [-0.4, -0.2) is 26.3 Å². The zero-order valence-electron chi connectivity index (χ0n) is 6.69. The zero-order chi connectivity index (χ0) is 8.55. The third-order valence-electron chi connectivity index (χ3n) is 1.54. The Bertz CT molecular complexity index is 329. The van der Waals surface area contributed by atoms with Crippen LogP contribution in [-0.2, 0) is 6.54 Å². The minimum atomic E-state index is 0.379. The number of thioether (sulfide) groups is 1. The summed E-state index contributed by atoms with van der Waals surface area (Å²) in [6.45, 7) is 2.36. The van der Waals surface area contributed by atoms with E-state index in [-0.39, 0.29) is 0 Å². The van der Waals surface area contributed by atoms with Crippen LogP contribution in [0.4, 0.5) is 0 Å². The molecule has 0 saturated heterocycles. The maximum atomic E-state index is 5.46. The molecule has 0 bridgehead atoms. The van der Waals surface area contributed by atoms with Crippen LogP contribution in [0.3, 0.4) is 0 Å². The van der Waals surface area contributed by atoms with Crippen LogP contribution in [0.5, 0.6) is 0 Å². The standard InChI is InChI=1S/C6H9N5S/c1-4-3-12-6-9-8-5(2-7)11(6)10-4/h2-3,7H2,1H3. The second-order valence-electron chi connectivity index (χ2n) is 2.54. The summed E-state index contributed by atoms with van der Waals surface area (Å²) >= 11 is 1.64. The lowest BCUT2D eigenvalue weighted by Crippen LogP contribution is -2.12. The van der Waals surface area contributed by atoms with E-state index in [9.17, 15) is 0 Å². The van der Waals surface area contributed by atoms with E-state index in [2.05, 4.69) is 15.3 Å². The molecule has 1 aromatic rings. The molecular formula is C6H9N5S. The number of nitrogens with two attached hydrogens (primary N) is 1. The van der Waals surface area contributed by atoms with Gasteiger partial charge in [-0.15, -0.1) is 10.2 Å². The first-order valence-corrected chi connectivity index (χ1v) is 4.61. The van der Waals surface area contributed by atoms with E-state index in [0.717, 1.165) is 22.4 Å². The average Bonchev–Trinajstić information content (AvgIpc) is 2.46. The maximum Gasteiger partial charge on any atom is 0.212 e. The van der Waals surface area contributed by atoms with Gasteiger partial charge in [-0.2, -0.15) is 9.78 Å². The summed E-state index contributed by atoms with van der Waals surface area (Å²) < 4.78 is 1.71. The van der Waals surface area contributed by atoms with Crippen LogP contribution in [0.2, 0.25) is 0 Å². The molecule has 1 aliphatic rings. The lowest BCUT2D eigenvalue weighted by atomic mass is 10.5. The molecule has 0 aromatic carbocycles. The summed E-state index contributed by atoms with van der Waals surface area (Å²) in [7, 11) is 0. The van der Waals surface area contributed by atoms with Crippen molar-refractivity contribution in [3.05, 3.63) is 5.82 Å². The molecule has 2 heterocycles. The number of hydrogen-bond donors (Lipinski definition) is 1. The summed E-state index contributed by atoms with van der Waals surface area (Å²) in [5.41, 5.74) is 6.53. The molecule has 5 nitrogen and oxygen atoms in total. The quantitative estimate of drug-likeness (QED) is 0.668. The predicted octanol–water partition coefficient (Wildman–Crippen LogP) is 0.0665. The van der Waals surface area contributed by atoms with Crippen molar-refractivity contribution in [1.29, 1.82) is 0 Å². The lowest BCUT2D eigenvalue weighted by Gasteiger charge is -2.09. The van der Waals surface area contributed by atoms with Gasteiger partial charge in [-0.1, -0.05) is 11.8 Å². The van der Waals surface area contributed by atoms with E-state index in [4.69, 9.17) is 5.73 Å². The highest BCUT2D eigenvalue weighted by molar-refractivity contribution is 7.99. The Balaban J connectivity index is 2.49. The van der Waals surface area contributed by atoms with Crippen molar-refractivity contribution < 1.29 is 0 Å². The Morgan fingerprint density at radius 2 is 2.42 bits per heavy atom. The van der Waals surface area contributed by atoms with Gasteiger partial charge in [0.05, 0.1) is 6.54 Å². The van der Waals surface area contributed by atoms with Crippen molar-refractivity contribution in [3.63, 3.8) is 0 Å². The van der Waals surface area contributed by atoms with Crippen LogP contribution < -0.4 is 5.73 Å². The highest BCUT2D eigenvalue weighted by atomic mass is 32.2. The fraction of sp³-hybridized carbons (Fsp3) is 0.500. The molecule has 0 atom stereocenters. The molecule has 0 unspecified atom stereocenters. The van der Waals surface area contributed by atoms with Gasteiger partial charge in [0, 0.05) is 11.5 Å². The van der Waals surface area contributed by atoms with Crippen LogP contribution in [0.1, 0.15) is 12.7 Å². The minimum Gasteiger partial charge on any atom is -0.324 e. The van der Waals surface area contributed by atoms with Crippen LogP contribution in [0, 0.1) is 0 Å². The first kappa shape index (κ1) is 7.75. The molecular weight excluding hydrogens is 174 g/mol. The molecule has 2 N–H and O–H groups in total. The van der Waals surface area contributed by atoms with Crippen LogP contribution in [0.25, 0.3) is 0 Å². The summed E-state index contributed by atoms with van der Waals surface area (Å²) in [5, 5.41) is 13.0. The molecule has 0 saturated carbocycles. The first-order chi connectivity index (χ1) is 5.81. The van der Waals surface area contributed by atoms with Crippen molar-refractivity contribution in [2.75, 3.05) is 5.75 Å². The molecule has 1 aromatic heterocycles. The highest BCUT2D eigenvalue weighted by Crippen LogP contribution is 2.20. The van der Waals surface area contributed by atoms with Gasteiger partial charge in [0.15, 0.2) is 5.82 Å². The molecule has 64 valence electrons. The van der Waals surface area contributed by atoms with Gasteiger partial charge in [0.2, 0.25) is 5.16 Å². The Morgan fingerprint density at radius 3 is 3.17 bits per heavy atom. The van der Waals surface area contributed by atoms with E-state index in [1.54, 1.807) is 16.4 Å².